The number of amides is 4. The number of ether oxygens (including phenoxy) is 1. The van der Waals surface area contributed by atoms with Crippen LogP contribution in [0.3, 0.4) is 0 Å². The van der Waals surface area contributed by atoms with E-state index in [1.807, 2.05) is 32.0 Å². The topological polar surface area (TPSA) is 151 Å². The van der Waals surface area contributed by atoms with Gasteiger partial charge < -0.3 is 31.1 Å². The second-order valence-electron chi connectivity index (χ2n) is 11.9. The number of anilines is 1. The molecule has 0 bridgehead atoms. The van der Waals surface area contributed by atoms with Crippen molar-refractivity contribution in [2.45, 2.75) is 92.0 Å². The average Bonchev–Trinajstić information content (AvgIpc) is 2.78. The first-order valence-electron chi connectivity index (χ1n) is 13.1. The van der Waals surface area contributed by atoms with E-state index in [2.05, 4.69) is 10.6 Å². The van der Waals surface area contributed by atoms with E-state index in [4.69, 9.17) is 10.5 Å². The van der Waals surface area contributed by atoms with Crippen LogP contribution in [0.15, 0.2) is 36.4 Å². The number of carbonyl (C=O) groups excluding carboxylic acids is 4. The minimum absolute atomic E-state index is 0.155. The third kappa shape index (κ3) is 8.21. The average molecular weight is 555 g/mol. The fourth-order valence-electron chi connectivity index (χ4n) is 4.37. The number of benzene rings is 2. The molecule has 2 unspecified atom stereocenters. The standard InChI is InChI=1S/C30H42N4O6/c1-17-12-10-13-18(2)23(17)33-26(37)24(20-15-11-14-19(3)25(20)36)34(29(4,5)6)27(38)21(16-22(31)35)32-28(39)40-30(7,8)9/h10-15,21,24,36H,16H2,1-9H3,(H2,31,35)(H,32,39)(H,33,37). The van der Waals surface area contributed by atoms with Crippen LogP contribution in [0.1, 0.15) is 76.3 Å². The molecular formula is C30H42N4O6. The summed E-state index contributed by atoms with van der Waals surface area (Å²) in [7, 11) is 0. The zero-order valence-corrected chi connectivity index (χ0v) is 24.8. The van der Waals surface area contributed by atoms with E-state index in [1.54, 1.807) is 66.7 Å². The number of para-hydroxylation sites is 2. The Hall–Kier alpha value is -4.08. The predicted molar refractivity (Wildman–Crippen MR) is 154 cm³/mol. The number of nitrogens with one attached hydrogen (secondary N) is 2. The predicted octanol–water partition coefficient (Wildman–Crippen LogP) is 4.39. The fraction of sp³-hybridized carbons (Fsp3) is 0.467. The number of aryl methyl sites for hydroxylation is 3. The van der Waals surface area contributed by atoms with Crippen molar-refractivity contribution in [2.75, 3.05) is 5.32 Å². The van der Waals surface area contributed by atoms with Crippen molar-refractivity contribution in [1.29, 1.82) is 0 Å². The van der Waals surface area contributed by atoms with Gasteiger partial charge in [-0.3, -0.25) is 14.4 Å². The van der Waals surface area contributed by atoms with Gasteiger partial charge >= 0.3 is 6.09 Å². The Kier molecular flexibility index (Phi) is 9.96. The monoisotopic (exact) mass is 554 g/mol. The number of hydrogen-bond acceptors (Lipinski definition) is 6. The molecule has 0 saturated heterocycles. The van der Waals surface area contributed by atoms with Crippen molar-refractivity contribution in [1.82, 2.24) is 10.2 Å². The molecule has 40 heavy (non-hydrogen) atoms. The molecule has 0 aromatic heterocycles. The van der Waals surface area contributed by atoms with Crippen LogP contribution < -0.4 is 16.4 Å². The first kappa shape index (κ1) is 32.1. The smallest absolute Gasteiger partial charge is 0.408 e. The Morgan fingerprint density at radius 3 is 1.95 bits per heavy atom. The molecule has 0 fully saturated rings. The van der Waals surface area contributed by atoms with Crippen molar-refractivity contribution < 1.29 is 29.0 Å². The third-order valence-corrected chi connectivity index (χ3v) is 6.15. The number of phenolic OH excluding ortho intramolecular Hbond substituents is 1. The lowest BCUT2D eigenvalue weighted by Gasteiger charge is -2.43. The van der Waals surface area contributed by atoms with Crippen LogP contribution in [-0.4, -0.2) is 51.0 Å². The Labute approximate surface area is 236 Å². The van der Waals surface area contributed by atoms with Crippen LogP contribution in [0.25, 0.3) is 0 Å². The van der Waals surface area contributed by atoms with Gasteiger partial charge in [-0.2, -0.15) is 0 Å². The highest BCUT2D eigenvalue weighted by Gasteiger charge is 2.43. The second-order valence-corrected chi connectivity index (χ2v) is 11.9. The van der Waals surface area contributed by atoms with Crippen molar-refractivity contribution in [2.24, 2.45) is 5.73 Å². The molecular weight excluding hydrogens is 512 g/mol. The molecule has 5 N–H and O–H groups in total. The van der Waals surface area contributed by atoms with E-state index >= 15 is 0 Å². The normalized spacial score (nSPS) is 13.1. The SMILES string of the molecule is Cc1cccc(C(C(=O)Nc2c(C)cccc2C)N(C(=O)C(CC(N)=O)NC(=O)OC(C)(C)C)C(C)(C)C)c1O. The molecule has 0 aliphatic carbocycles. The van der Waals surface area contributed by atoms with E-state index < -0.39 is 53.5 Å². The van der Waals surface area contributed by atoms with E-state index in [0.29, 0.717) is 11.3 Å². The zero-order valence-electron chi connectivity index (χ0n) is 24.8. The largest absolute Gasteiger partial charge is 0.507 e. The van der Waals surface area contributed by atoms with Crippen molar-refractivity contribution in [3.63, 3.8) is 0 Å². The maximum Gasteiger partial charge on any atom is 0.408 e. The Bertz CT molecular complexity index is 1260. The maximum atomic E-state index is 14.2. The summed E-state index contributed by atoms with van der Waals surface area (Å²) in [5, 5.41) is 16.4. The van der Waals surface area contributed by atoms with Gasteiger partial charge in [0.2, 0.25) is 11.8 Å². The lowest BCUT2D eigenvalue weighted by atomic mass is 9.93. The number of carbonyl (C=O) groups is 4. The van der Waals surface area contributed by atoms with Crippen molar-refractivity contribution in [3.8, 4) is 5.75 Å². The third-order valence-electron chi connectivity index (χ3n) is 6.15. The molecule has 10 nitrogen and oxygen atoms in total. The molecule has 0 spiro atoms. The molecule has 0 aliphatic heterocycles. The first-order chi connectivity index (χ1) is 18.3. The maximum absolute atomic E-state index is 14.2. The van der Waals surface area contributed by atoms with Gasteiger partial charge in [0, 0.05) is 16.8 Å². The van der Waals surface area contributed by atoms with E-state index in [1.165, 1.54) is 4.90 Å². The molecule has 2 rings (SSSR count). The van der Waals surface area contributed by atoms with Crippen molar-refractivity contribution >= 4 is 29.5 Å². The van der Waals surface area contributed by atoms with Gasteiger partial charge in [0.25, 0.3) is 5.91 Å². The number of nitrogens with zero attached hydrogens (tertiary/aromatic N) is 1. The highest BCUT2D eigenvalue weighted by Crippen LogP contribution is 2.37. The second kappa shape index (κ2) is 12.4. The van der Waals surface area contributed by atoms with E-state index in [9.17, 15) is 24.3 Å². The van der Waals surface area contributed by atoms with Crippen molar-refractivity contribution in [3.05, 3.63) is 58.7 Å². The summed E-state index contributed by atoms with van der Waals surface area (Å²) >= 11 is 0. The Balaban J connectivity index is 2.71. The van der Waals surface area contributed by atoms with Crippen LogP contribution in [0.2, 0.25) is 0 Å². The van der Waals surface area contributed by atoms with Crippen LogP contribution >= 0.6 is 0 Å². The molecule has 10 heteroatoms. The number of rotatable bonds is 8. The van der Waals surface area contributed by atoms with E-state index in [0.717, 1.165) is 11.1 Å². The summed E-state index contributed by atoms with van der Waals surface area (Å²) in [4.78, 5) is 54.2. The highest BCUT2D eigenvalue weighted by molar-refractivity contribution is 6.01. The summed E-state index contributed by atoms with van der Waals surface area (Å²) in [5.41, 5.74) is 6.44. The number of primary amides is 1. The molecule has 2 atom stereocenters. The summed E-state index contributed by atoms with van der Waals surface area (Å²) < 4.78 is 5.31. The van der Waals surface area contributed by atoms with Crippen LogP contribution in [0.4, 0.5) is 10.5 Å². The lowest BCUT2D eigenvalue weighted by molar-refractivity contribution is -0.147. The van der Waals surface area contributed by atoms with Gasteiger partial charge in [0.1, 0.15) is 23.4 Å². The zero-order chi connectivity index (χ0) is 30.6. The van der Waals surface area contributed by atoms with Crippen LogP contribution in [0.5, 0.6) is 5.75 Å². The number of phenols is 1. The molecule has 218 valence electrons. The van der Waals surface area contributed by atoms with Gasteiger partial charge in [-0.05, 0) is 79.0 Å². The molecule has 0 aliphatic rings. The molecule has 2 aromatic rings. The van der Waals surface area contributed by atoms with Gasteiger partial charge in [-0.15, -0.1) is 0 Å². The lowest BCUT2D eigenvalue weighted by Crippen LogP contribution is -2.58. The number of nitrogens with two attached hydrogens (primary N) is 1. The fourth-order valence-corrected chi connectivity index (χ4v) is 4.37. The molecule has 0 saturated carbocycles. The molecule has 4 amide bonds. The van der Waals surface area contributed by atoms with Gasteiger partial charge in [-0.25, -0.2) is 4.79 Å². The van der Waals surface area contributed by atoms with Gasteiger partial charge in [0.05, 0.1) is 6.42 Å². The van der Waals surface area contributed by atoms with Gasteiger partial charge in [-0.1, -0.05) is 36.4 Å². The quantitative estimate of drug-likeness (QED) is 0.380. The Morgan fingerprint density at radius 1 is 0.925 bits per heavy atom. The molecule has 0 heterocycles. The van der Waals surface area contributed by atoms with Gasteiger partial charge in [0.15, 0.2) is 0 Å². The summed E-state index contributed by atoms with van der Waals surface area (Å²) in [6.07, 6.45) is -1.45. The van der Waals surface area contributed by atoms with Crippen LogP contribution in [0, 0.1) is 20.8 Å². The molecule has 2 aromatic carbocycles. The van der Waals surface area contributed by atoms with E-state index in [-0.39, 0.29) is 11.3 Å². The first-order valence-corrected chi connectivity index (χ1v) is 13.1. The summed E-state index contributed by atoms with van der Waals surface area (Å²) in [5.74, 6) is -2.33. The van der Waals surface area contributed by atoms with Crippen LogP contribution in [-0.2, 0) is 19.1 Å². The summed E-state index contributed by atoms with van der Waals surface area (Å²) in [6.45, 7) is 15.5. The number of hydrogen-bond donors (Lipinski definition) is 4. The number of aromatic hydroxyl groups is 1. The molecule has 0 radical (unpaired) electrons. The summed E-state index contributed by atoms with van der Waals surface area (Å²) in [6, 6.07) is 7.71. The minimum Gasteiger partial charge on any atom is -0.507 e. The highest BCUT2D eigenvalue weighted by atomic mass is 16.6. The number of alkyl carbamates (subject to hydrolysis) is 1. The Morgan fingerprint density at radius 2 is 1.45 bits per heavy atom. The minimum atomic E-state index is -1.44.